The van der Waals surface area contributed by atoms with E-state index in [-0.39, 0.29) is 17.4 Å². The average molecular weight is 413 g/mol. The molecule has 0 aromatic heterocycles. The zero-order chi connectivity index (χ0) is 21.4. The Morgan fingerprint density at radius 2 is 1.62 bits per heavy atom. The normalized spacial score (nSPS) is 12.3. The zero-order valence-electron chi connectivity index (χ0n) is 18.1. The molecule has 0 saturated heterocycles. The maximum atomic E-state index is 13.0. The lowest BCUT2D eigenvalue weighted by Crippen LogP contribution is -2.52. The van der Waals surface area contributed by atoms with Crippen LogP contribution in [0, 0.1) is 6.92 Å². The Morgan fingerprint density at radius 1 is 1.00 bits per heavy atom. The highest BCUT2D eigenvalue weighted by molar-refractivity contribution is 7.99. The molecule has 0 saturated carbocycles. The minimum atomic E-state index is -0.540. The van der Waals surface area contributed by atoms with Gasteiger partial charge in [0.15, 0.2) is 0 Å². The second-order valence-electron chi connectivity index (χ2n) is 8.40. The average Bonchev–Trinajstić information content (AvgIpc) is 2.66. The first kappa shape index (κ1) is 23.0. The van der Waals surface area contributed by atoms with Gasteiger partial charge in [-0.3, -0.25) is 9.59 Å². The van der Waals surface area contributed by atoms with Crippen LogP contribution in [-0.4, -0.2) is 34.0 Å². The van der Waals surface area contributed by atoms with Gasteiger partial charge in [-0.15, -0.1) is 11.8 Å². The molecule has 2 aromatic rings. The third kappa shape index (κ3) is 7.94. The van der Waals surface area contributed by atoms with Gasteiger partial charge in [-0.25, -0.2) is 0 Å². The second kappa shape index (κ2) is 10.5. The van der Waals surface area contributed by atoms with Crippen LogP contribution in [-0.2, 0) is 21.9 Å². The first-order valence-electron chi connectivity index (χ1n) is 9.94. The lowest BCUT2D eigenvalue weighted by atomic mass is 10.1. The van der Waals surface area contributed by atoms with Gasteiger partial charge in [0, 0.05) is 17.8 Å². The van der Waals surface area contributed by atoms with Crippen LogP contribution >= 0.6 is 11.8 Å². The molecular weight excluding hydrogens is 380 g/mol. The lowest BCUT2D eigenvalue weighted by Gasteiger charge is -2.31. The molecule has 1 N–H and O–H groups in total. The molecule has 2 aromatic carbocycles. The van der Waals surface area contributed by atoms with Crippen LogP contribution in [0.4, 0.5) is 0 Å². The van der Waals surface area contributed by atoms with Crippen molar-refractivity contribution in [3.8, 4) is 0 Å². The first-order valence-corrected chi connectivity index (χ1v) is 11.1. The highest BCUT2D eigenvalue weighted by atomic mass is 32.2. The molecule has 0 aliphatic rings. The summed E-state index contributed by atoms with van der Waals surface area (Å²) in [6.07, 6.45) is 0. The van der Waals surface area contributed by atoms with E-state index >= 15 is 0 Å². The van der Waals surface area contributed by atoms with E-state index in [4.69, 9.17) is 0 Å². The van der Waals surface area contributed by atoms with Crippen LogP contribution in [0.15, 0.2) is 54.6 Å². The van der Waals surface area contributed by atoms with Gasteiger partial charge in [-0.1, -0.05) is 60.2 Å². The van der Waals surface area contributed by atoms with Crippen molar-refractivity contribution in [2.24, 2.45) is 0 Å². The van der Waals surface area contributed by atoms with Crippen LogP contribution in [0.2, 0.25) is 0 Å². The summed E-state index contributed by atoms with van der Waals surface area (Å²) >= 11 is 1.58. The highest BCUT2D eigenvalue weighted by Gasteiger charge is 2.28. The SMILES string of the molecule is Cc1ccc(CSCC(=O)N(Cc2ccccc2)C(C)C(=O)NC(C)(C)C)cc1. The van der Waals surface area contributed by atoms with E-state index in [2.05, 4.69) is 36.5 Å². The highest BCUT2D eigenvalue weighted by Crippen LogP contribution is 2.17. The Morgan fingerprint density at radius 3 is 2.21 bits per heavy atom. The minimum absolute atomic E-state index is 0.0254. The zero-order valence-corrected chi connectivity index (χ0v) is 18.9. The molecule has 0 fully saturated rings. The summed E-state index contributed by atoms with van der Waals surface area (Å²) in [7, 11) is 0. The van der Waals surface area contributed by atoms with E-state index in [1.54, 1.807) is 23.6 Å². The molecule has 2 rings (SSSR count). The van der Waals surface area contributed by atoms with Crippen LogP contribution in [0.3, 0.4) is 0 Å². The number of benzene rings is 2. The number of amides is 2. The summed E-state index contributed by atoms with van der Waals surface area (Å²) < 4.78 is 0. The van der Waals surface area contributed by atoms with Gasteiger partial charge in [0.2, 0.25) is 11.8 Å². The van der Waals surface area contributed by atoms with E-state index in [0.717, 1.165) is 11.3 Å². The number of nitrogens with zero attached hydrogens (tertiary/aromatic N) is 1. The molecule has 0 radical (unpaired) electrons. The van der Waals surface area contributed by atoms with E-state index in [0.29, 0.717) is 12.3 Å². The second-order valence-corrected chi connectivity index (χ2v) is 9.39. The maximum Gasteiger partial charge on any atom is 0.242 e. The number of aryl methyl sites for hydroxylation is 1. The number of carbonyl (C=O) groups excluding carboxylic acids is 2. The van der Waals surface area contributed by atoms with Gasteiger partial charge in [0.1, 0.15) is 6.04 Å². The predicted octanol–water partition coefficient (Wildman–Crippen LogP) is 4.56. The van der Waals surface area contributed by atoms with Gasteiger partial charge in [-0.2, -0.15) is 0 Å². The first-order chi connectivity index (χ1) is 13.7. The quantitative estimate of drug-likeness (QED) is 0.691. The molecule has 5 heteroatoms. The summed E-state index contributed by atoms with van der Waals surface area (Å²) in [5.41, 5.74) is 3.09. The number of carbonyl (C=O) groups is 2. The standard InChI is InChI=1S/C24H32N2O2S/c1-18-11-13-21(14-12-18)16-29-17-22(27)26(15-20-9-7-6-8-10-20)19(2)23(28)25-24(3,4)5/h6-14,19H,15-17H2,1-5H3,(H,25,28). The summed E-state index contributed by atoms with van der Waals surface area (Å²) in [4.78, 5) is 27.4. The van der Waals surface area contributed by atoms with Crippen LogP contribution in [0.25, 0.3) is 0 Å². The molecular formula is C24H32N2O2S. The Hall–Kier alpha value is -2.27. The fourth-order valence-electron chi connectivity index (χ4n) is 2.86. The van der Waals surface area contributed by atoms with Crippen molar-refractivity contribution in [3.63, 3.8) is 0 Å². The van der Waals surface area contributed by atoms with Gasteiger partial charge in [0.25, 0.3) is 0 Å². The number of nitrogens with one attached hydrogen (secondary N) is 1. The third-order valence-electron chi connectivity index (χ3n) is 4.48. The molecule has 0 spiro atoms. The van der Waals surface area contributed by atoms with Crippen molar-refractivity contribution in [3.05, 3.63) is 71.3 Å². The molecule has 2 amide bonds. The van der Waals surface area contributed by atoms with Gasteiger partial charge < -0.3 is 10.2 Å². The topological polar surface area (TPSA) is 49.4 Å². The Kier molecular flexibility index (Phi) is 8.32. The largest absolute Gasteiger partial charge is 0.350 e. The fraction of sp³-hybridized carbons (Fsp3) is 0.417. The lowest BCUT2D eigenvalue weighted by molar-refractivity contribution is -0.139. The molecule has 0 aliphatic carbocycles. The van der Waals surface area contributed by atoms with Crippen LogP contribution in [0.5, 0.6) is 0 Å². The summed E-state index contributed by atoms with van der Waals surface area (Å²) in [6.45, 7) is 10.1. The Balaban J connectivity index is 2.05. The number of rotatable bonds is 8. The van der Waals surface area contributed by atoms with Crippen molar-refractivity contribution < 1.29 is 9.59 Å². The monoisotopic (exact) mass is 412 g/mol. The van der Waals surface area contributed by atoms with Gasteiger partial charge >= 0.3 is 0 Å². The van der Waals surface area contributed by atoms with E-state index in [9.17, 15) is 9.59 Å². The number of hydrogen-bond donors (Lipinski definition) is 1. The summed E-state index contributed by atoms with van der Waals surface area (Å²) in [5.74, 6) is 0.953. The number of thioether (sulfide) groups is 1. The molecule has 0 aliphatic heterocycles. The van der Waals surface area contributed by atoms with E-state index in [1.165, 1.54) is 11.1 Å². The predicted molar refractivity (Wildman–Crippen MR) is 122 cm³/mol. The van der Waals surface area contributed by atoms with Crippen LogP contribution < -0.4 is 5.32 Å². The third-order valence-corrected chi connectivity index (χ3v) is 5.46. The Bertz CT molecular complexity index is 798. The summed E-state index contributed by atoms with van der Waals surface area (Å²) in [6, 6.07) is 17.6. The number of hydrogen-bond acceptors (Lipinski definition) is 3. The molecule has 0 heterocycles. The Labute approximate surface area is 179 Å². The minimum Gasteiger partial charge on any atom is -0.350 e. The molecule has 1 unspecified atom stereocenters. The van der Waals surface area contributed by atoms with E-state index in [1.807, 2.05) is 51.1 Å². The molecule has 0 bridgehead atoms. The molecule has 4 nitrogen and oxygen atoms in total. The fourth-order valence-corrected chi connectivity index (χ4v) is 3.73. The smallest absolute Gasteiger partial charge is 0.242 e. The molecule has 29 heavy (non-hydrogen) atoms. The van der Waals surface area contributed by atoms with Crippen molar-refractivity contribution in [1.29, 1.82) is 0 Å². The van der Waals surface area contributed by atoms with E-state index < -0.39 is 6.04 Å². The van der Waals surface area contributed by atoms with Gasteiger partial charge in [-0.05, 0) is 45.7 Å². The van der Waals surface area contributed by atoms with Crippen molar-refractivity contribution in [2.75, 3.05) is 5.75 Å². The molecule has 1 atom stereocenters. The van der Waals surface area contributed by atoms with Gasteiger partial charge in [0.05, 0.1) is 5.75 Å². The summed E-state index contributed by atoms with van der Waals surface area (Å²) in [5, 5.41) is 2.99. The van der Waals surface area contributed by atoms with Crippen molar-refractivity contribution in [2.45, 2.75) is 58.5 Å². The van der Waals surface area contributed by atoms with Crippen molar-refractivity contribution >= 4 is 23.6 Å². The molecule has 156 valence electrons. The van der Waals surface area contributed by atoms with Crippen LogP contribution in [0.1, 0.15) is 44.4 Å². The maximum absolute atomic E-state index is 13.0. The van der Waals surface area contributed by atoms with Crippen molar-refractivity contribution in [1.82, 2.24) is 10.2 Å².